The third kappa shape index (κ3) is 1.75. The Kier molecular flexibility index (Phi) is 2.79. The predicted molar refractivity (Wildman–Crippen MR) is 77.3 cm³/mol. The van der Waals surface area contributed by atoms with Gasteiger partial charge in [0.2, 0.25) is 0 Å². The molecule has 1 aromatic rings. The van der Waals surface area contributed by atoms with Crippen LogP contribution in [0.5, 0.6) is 11.5 Å². The molecule has 2 aliphatic carbocycles. The summed E-state index contributed by atoms with van der Waals surface area (Å²) in [6, 6.07) is 5.38. The van der Waals surface area contributed by atoms with Gasteiger partial charge in [-0.2, -0.15) is 0 Å². The van der Waals surface area contributed by atoms with Crippen LogP contribution in [0.2, 0.25) is 0 Å². The zero-order valence-corrected chi connectivity index (χ0v) is 12.2. The third-order valence-corrected chi connectivity index (χ3v) is 6.24. The number of aromatic hydroxyl groups is 1. The van der Waals surface area contributed by atoms with E-state index in [2.05, 4.69) is 6.92 Å². The molecule has 0 amide bonds. The summed E-state index contributed by atoms with van der Waals surface area (Å²) in [5.74, 6) is 2.07. The monoisotopic (exact) mass is 290 g/mol. The van der Waals surface area contributed by atoms with Crippen molar-refractivity contribution in [2.45, 2.75) is 44.3 Å². The Bertz CT molecular complexity index is 572. The van der Waals surface area contributed by atoms with Gasteiger partial charge in [0, 0.05) is 12.0 Å². The molecule has 6 atom stereocenters. The minimum absolute atomic E-state index is 0.196. The van der Waals surface area contributed by atoms with Gasteiger partial charge in [-0.1, -0.05) is 13.0 Å². The molecule has 1 heterocycles. The lowest BCUT2D eigenvalue weighted by molar-refractivity contribution is -0.0572. The van der Waals surface area contributed by atoms with Crippen molar-refractivity contribution in [3.8, 4) is 11.5 Å². The summed E-state index contributed by atoms with van der Waals surface area (Å²) < 4.78 is 5.87. The number of benzene rings is 1. The highest BCUT2D eigenvalue weighted by Gasteiger charge is 2.58. The van der Waals surface area contributed by atoms with E-state index in [9.17, 15) is 15.3 Å². The highest BCUT2D eigenvalue weighted by atomic mass is 16.5. The molecule has 114 valence electrons. The topological polar surface area (TPSA) is 69.9 Å². The first kappa shape index (κ1) is 13.4. The van der Waals surface area contributed by atoms with Gasteiger partial charge >= 0.3 is 0 Å². The zero-order valence-electron chi connectivity index (χ0n) is 12.2. The first-order valence-corrected chi connectivity index (χ1v) is 7.82. The summed E-state index contributed by atoms with van der Waals surface area (Å²) in [5, 5.41) is 30.0. The summed E-state index contributed by atoms with van der Waals surface area (Å²) in [4.78, 5) is 0. The molecule has 0 radical (unpaired) electrons. The molecule has 4 rings (SSSR count). The van der Waals surface area contributed by atoms with E-state index in [1.807, 2.05) is 6.07 Å². The summed E-state index contributed by atoms with van der Waals surface area (Å²) in [6.07, 6.45) is 1.36. The molecule has 2 fully saturated rings. The lowest BCUT2D eigenvalue weighted by atomic mass is 9.58. The van der Waals surface area contributed by atoms with E-state index in [-0.39, 0.29) is 11.2 Å². The number of aliphatic hydroxyl groups is 2. The Balaban J connectivity index is 1.71. The lowest BCUT2D eigenvalue weighted by Gasteiger charge is -2.49. The molecule has 3 aliphatic rings. The van der Waals surface area contributed by atoms with Crippen LogP contribution in [0.25, 0.3) is 0 Å². The van der Waals surface area contributed by atoms with E-state index >= 15 is 0 Å². The first-order chi connectivity index (χ1) is 10.0. The van der Waals surface area contributed by atoms with Crippen molar-refractivity contribution in [1.82, 2.24) is 0 Å². The molecule has 1 aliphatic heterocycles. The minimum Gasteiger partial charge on any atom is -0.508 e. The summed E-state index contributed by atoms with van der Waals surface area (Å²) >= 11 is 0. The van der Waals surface area contributed by atoms with Crippen LogP contribution in [0.3, 0.4) is 0 Å². The molecule has 1 aromatic carbocycles. The van der Waals surface area contributed by atoms with E-state index in [1.165, 1.54) is 5.56 Å². The normalized spacial score (nSPS) is 44.4. The van der Waals surface area contributed by atoms with Gasteiger partial charge in [0.1, 0.15) is 11.5 Å². The Labute approximate surface area is 124 Å². The van der Waals surface area contributed by atoms with Crippen molar-refractivity contribution in [2.24, 2.45) is 17.3 Å². The van der Waals surface area contributed by atoms with E-state index < -0.39 is 12.2 Å². The van der Waals surface area contributed by atoms with Gasteiger partial charge < -0.3 is 20.1 Å². The van der Waals surface area contributed by atoms with E-state index in [4.69, 9.17) is 4.74 Å². The van der Waals surface area contributed by atoms with Gasteiger partial charge in [-0.15, -0.1) is 0 Å². The molecule has 4 nitrogen and oxygen atoms in total. The lowest BCUT2D eigenvalue weighted by Crippen LogP contribution is -2.46. The SMILES string of the molecule is C[C@]12CC[C@@H]3c4ccc(O)cc4OC[C@H]3[C@@H]1C[C@@H](O)[C@@H]2O. The number of phenolic OH excluding ortho intramolecular Hbond substituents is 1. The third-order valence-electron chi connectivity index (χ3n) is 6.24. The molecule has 0 saturated heterocycles. The number of phenols is 1. The number of hydrogen-bond donors (Lipinski definition) is 3. The van der Waals surface area contributed by atoms with Crippen molar-refractivity contribution in [2.75, 3.05) is 6.61 Å². The molecule has 0 bridgehead atoms. The fraction of sp³-hybridized carbons (Fsp3) is 0.647. The van der Waals surface area contributed by atoms with Crippen LogP contribution in [0.15, 0.2) is 18.2 Å². The van der Waals surface area contributed by atoms with Gasteiger partial charge in [0.05, 0.1) is 18.8 Å². The highest BCUT2D eigenvalue weighted by molar-refractivity contribution is 5.44. The number of aliphatic hydroxyl groups excluding tert-OH is 2. The summed E-state index contributed by atoms with van der Waals surface area (Å²) in [6.45, 7) is 2.72. The quantitative estimate of drug-likeness (QED) is 0.684. The Morgan fingerprint density at radius 2 is 2.10 bits per heavy atom. The van der Waals surface area contributed by atoms with Crippen molar-refractivity contribution < 1.29 is 20.1 Å². The zero-order chi connectivity index (χ0) is 14.8. The van der Waals surface area contributed by atoms with Crippen LogP contribution < -0.4 is 4.74 Å². The molecule has 21 heavy (non-hydrogen) atoms. The van der Waals surface area contributed by atoms with E-state index in [0.717, 1.165) is 18.6 Å². The molecular weight excluding hydrogens is 268 g/mol. The average molecular weight is 290 g/mol. The van der Waals surface area contributed by atoms with Crippen LogP contribution in [0.1, 0.15) is 37.7 Å². The number of ether oxygens (including phenoxy) is 1. The average Bonchev–Trinajstić information content (AvgIpc) is 2.70. The largest absolute Gasteiger partial charge is 0.508 e. The van der Waals surface area contributed by atoms with E-state index in [1.54, 1.807) is 12.1 Å². The number of hydrogen-bond acceptors (Lipinski definition) is 4. The maximum atomic E-state index is 10.4. The van der Waals surface area contributed by atoms with Crippen LogP contribution in [-0.4, -0.2) is 34.1 Å². The summed E-state index contributed by atoms with van der Waals surface area (Å²) in [5.41, 5.74) is 0.972. The maximum Gasteiger partial charge on any atom is 0.126 e. The van der Waals surface area contributed by atoms with Crippen LogP contribution >= 0.6 is 0 Å². The van der Waals surface area contributed by atoms with Crippen molar-refractivity contribution in [1.29, 1.82) is 0 Å². The van der Waals surface area contributed by atoms with Gasteiger partial charge in [-0.05, 0) is 48.1 Å². The number of fused-ring (bicyclic) bond motifs is 5. The molecule has 3 N–H and O–H groups in total. The Hall–Kier alpha value is -1.26. The minimum atomic E-state index is -0.621. The maximum absolute atomic E-state index is 10.4. The molecule has 0 spiro atoms. The second-order valence-electron chi connectivity index (χ2n) is 7.20. The molecular formula is C17H22O4. The molecule has 4 heteroatoms. The first-order valence-electron chi connectivity index (χ1n) is 7.82. The van der Waals surface area contributed by atoms with Gasteiger partial charge in [-0.25, -0.2) is 0 Å². The second kappa shape index (κ2) is 4.37. The van der Waals surface area contributed by atoms with Crippen LogP contribution in [0, 0.1) is 17.3 Å². The second-order valence-corrected chi connectivity index (χ2v) is 7.20. The van der Waals surface area contributed by atoms with E-state index in [0.29, 0.717) is 30.8 Å². The number of rotatable bonds is 0. The van der Waals surface area contributed by atoms with Crippen molar-refractivity contribution >= 4 is 0 Å². The van der Waals surface area contributed by atoms with Gasteiger partial charge in [-0.3, -0.25) is 0 Å². The highest BCUT2D eigenvalue weighted by Crippen LogP contribution is 2.60. The fourth-order valence-corrected chi connectivity index (χ4v) is 5.03. The Morgan fingerprint density at radius 3 is 2.90 bits per heavy atom. The molecule has 0 aromatic heterocycles. The summed E-state index contributed by atoms with van der Waals surface area (Å²) in [7, 11) is 0. The van der Waals surface area contributed by atoms with Gasteiger partial charge in [0.25, 0.3) is 0 Å². The molecule has 2 saturated carbocycles. The smallest absolute Gasteiger partial charge is 0.126 e. The van der Waals surface area contributed by atoms with Crippen LogP contribution in [-0.2, 0) is 0 Å². The predicted octanol–water partition coefficient (Wildman–Crippen LogP) is 2.03. The van der Waals surface area contributed by atoms with Crippen molar-refractivity contribution in [3.63, 3.8) is 0 Å². The van der Waals surface area contributed by atoms with Crippen molar-refractivity contribution in [3.05, 3.63) is 23.8 Å². The van der Waals surface area contributed by atoms with Crippen LogP contribution in [0.4, 0.5) is 0 Å². The molecule has 0 unspecified atom stereocenters. The van der Waals surface area contributed by atoms with Gasteiger partial charge in [0.15, 0.2) is 0 Å². The fourth-order valence-electron chi connectivity index (χ4n) is 5.03. The Morgan fingerprint density at radius 1 is 1.29 bits per heavy atom. The standard InChI is InChI=1S/C17H22O4/c1-17-5-4-10-11-3-2-9(18)6-15(11)21-8-12(10)13(17)7-14(19)16(17)20/h2-3,6,10,12-14,16,18-20H,4-5,7-8H2,1H3/t10-,12-,13+,14-,16+,17+/m1/s1.